The normalized spacial score (nSPS) is 15.6. The molecule has 1 heterocycles. The molecule has 1 aliphatic rings. The first-order valence-corrected chi connectivity index (χ1v) is 4.77. The van der Waals surface area contributed by atoms with E-state index in [9.17, 15) is 4.79 Å². The van der Waals surface area contributed by atoms with E-state index in [1.165, 1.54) is 11.3 Å². The van der Waals surface area contributed by atoms with Crippen molar-refractivity contribution in [3.63, 3.8) is 0 Å². The van der Waals surface area contributed by atoms with Gasteiger partial charge in [-0.25, -0.2) is 0 Å². The molecular weight excluding hydrogens is 203 g/mol. The minimum Gasteiger partial charge on any atom is -0.293 e. The molecule has 0 aliphatic heterocycles. The van der Waals surface area contributed by atoms with E-state index in [0.717, 1.165) is 16.9 Å². The van der Waals surface area contributed by atoms with Crippen molar-refractivity contribution in [2.24, 2.45) is 0 Å². The van der Waals surface area contributed by atoms with Gasteiger partial charge in [0.15, 0.2) is 5.78 Å². The second kappa shape index (κ2) is 2.47. The zero-order valence-electron chi connectivity index (χ0n) is 5.49. The predicted octanol–water partition coefficient (Wildman–Crippen LogP) is 3.18. The molecule has 1 nitrogen and oxygen atoms in total. The van der Waals surface area contributed by atoms with E-state index >= 15 is 0 Å². The number of Topliss-reactive ketones (excluding diaryl/α,β-unsaturated/α-hetero) is 1. The van der Waals surface area contributed by atoms with Gasteiger partial charge in [0.2, 0.25) is 0 Å². The van der Waals surface area contributed by atoms with Crippen molar-refractivity contribution in [3.8, 4) is 0 Å². The Hall–Kier alpha value is -0.0500. The molecule has 58 valence electrons. The van der Waals surface area contributed by atoms with Gasteiger partial charge in [0.1, 0.15) is 4.34 Å². The van der Waals surface area contributed by atoms with E-state index in [0.29, 0.717) is 15.8 Å². The van der Waals surface area contributed by atoms with Crippen LogP contribution in [0.25, 0.3) is 0 Å². The summed E-state index contributed by atoms with van der Waals surface area (Å²) in [5.41, 5.74) is 0.951. The minimum atomic E-state index is 0.179. The Kier molecular flexibility index (Phi) is 1.71. The molecule has 1 aromatic rings. The first kappa shape index (κ1) is 7.59. The van der Waals surface area contributed by atoms with Crippen LogP contribution in [0.1, 0.15) is 21.7 Å². The van der Waals surface area contributed by atoms with Gasteiger partial charge in [0, 0.05) is 6.42 Å². The molecule has 0 atom stereocenters. The fourth-order valence-corrected chi connectivity index (χ4v) is 2.86. The Morgan fingerprint density at radius 3 is 2.64 bits per heavy atom. The van der Waals surface area contributed by atoms with Crippen LogP contribution in [-0.2, 0) is 6.42 Å². The average molecular weight is 207 g/mol. The van der Waals surface area contributed by atoms with Crippen molar-refractivity contribution in [1.29, 1.82) is 0 Å². The third-order valence-electron chi connectivity index (χ3n) is 1.76. The highest BCUT2D eigenvalue weighted by Crippen LogP contribution is 2.41. The first-order valence-electron chi connectivity index (χ1n) is 3.20. The maximum Gasteiger partial charge on any atom is 0.173 e. The summed E-state index contributed by atoms with van der Waals surface area (Å²) >= 11 is 12.9. The van der Waals surface area contributed by atoms with E-state index in [4.69, 9.17) is 23.2 Å². The van der Waals surface area contributed by atoms with Crippen molar-refractivity contribution in [1.82, 2.24) is 0 Å². The van der Waals surface area contributed by atoms with Crippen LogP contribution in [0.4, 0.5) is 0 Å². The van der Waals surface area contributed by atoms with Crippen LogP contribution in [0, 0.1) is 0 Å². The van der Waals surface area contributed by atoms with Gasteiger partial charge in [-0.05, 0) is 12.0 Å². The fourth-order valence-electron chi connectivity index (χ4n) is 1.21. The number of ketones is 1. The monoisotopic (exact) mass is 206 g/mol. The van der Waals surface area contributed by atoms with Gasteiger partial charge in [-0.2, -0.15) is 0 Å². The van der Waals surface area contributed by atoms with Crippen molar-refractivity contribution in [2.75, 3.05) is 0 Å². The fraction of sp³-hybridized carbons (Fsp3) is 0.286. The van der Waals surface area contributed by atoms with Crippen LogP contribution in [-0.4, -0.2) is 5.78 Å². The molecule has 0 saturated carbocycles. The number of halogens is 2. The maximum atomic E-state index is 11.1. The highest BCUT2D eigenvalue weighted by Gasteiger charge is 2.26. The van der Waals surface area contributed by atoms with Crippen molar-refractivity contribution < 1.29 is 4.79 Å². The largest absolute Gasteiger partial charge is 0.293 e. The van der Waals surface area contributed by atoms with E-state index in [-0.39, 0.29) is 5.78 Å². The molecule has 11 heavy (non-hydrogen) atoms. The van der Waals surface area contributed by atoms with E-state index in [2.05, 4.69) is 0 Å². The van der Waals surface area contributed by atoms with Crippen LogP contribution >= 0.6 is 34.5 Å². The summed E-state index contributed by atoms with van der Waals surface area (Å²) in [7, 11) is 0. The maximum absolute atomic E-state index is 11.1. The molecule has 0 saturated heterocycles. The standard InChI is InChI=1S/C7H4Cl2OS/c8-5-3-1-2-4(10)6(3)11-7(5)9/h1-2H2. The molecule has 0 N–H and O–H groups in total. The summed E-state index contributed by atoms with van der Waals surface area (Å²) in [5.74, 6) is 0.179. The molecule has 0 spiro atoms. The molecule has 0 radical (unpaired) electrons. The number of hydrogen-bond acceptors (Lipinski definition) is 2. The predicted molar refractivity (Wildman–Crippen MR) is 47.0 cm³/mol. The lowest BCUT2D eigenvalue weighted by Gasteiger charge is -1.86. The van der Waals surface area contributed by atoms with Crippen LogP contribution < -0.4 is 0 Å². The summed E-state index contributed by atoms with van der Waals surface area (Å²) in [6.45, 7) is 0. The van der Waals surface area contributed by atoms with Crippen molar-refractivity contribution >= 4 is 40.3 Å². The number of thiophene rings is 1. The summed E-state index contributed by atoms with van der Waals surface area (Å²) < 4.78 is 0.546. The molecule has 0 aromatic carbocycles. The molecule has 1 aliphatic carbocycles. The quantitative estimate of drug-likeness (QED) is 0.638. The van der Waals surface area contributed by atoms with Crippen molar-refractivity contribution in [3.05, 3.63) is 19.8 Å². The summed E-state index contributed by atoms with van der Waals surface area (Å²) in [6.07, 6.45) is 1.36. The first-order chi connectivity index (χ1) is 5.20. The van der Waals surface area contributed by atoms with Gasteiger partial charge in [-0.15, -0.1) is 11.3 Å². The highest BCUT2D eigenvalue weighted by molar-refractivity contribution is 7.19. The molecule has 4 heteroatoms. The number of carbonyl (C=O) groups is 1. The van der Waals surface area contributed by atoms with E-state index < -0.39 is 0 Å². The highest BCUT2D eigenvalue weighted by atomic mass is 35.5. The molecule has 0 amide bonds. The lowest BCUT2D eigenvalue weighted by Crippen LogP contribution is -1.85. The Morgan fingerprint density at radius 1 is 1.27 bits per heavy atom. The second-order valence-electron chi connectivity index (χ2n) is 2.42. The van der Waals surface area contributed by atoms with E-state index in [1.54, 1.807) is 0 Å². The average Bonchev–Trinajstić information content (AvgIpc) is 2.43. The van der Waals surface area contributed by atoms with Gasteiger partial charge in [0.25, 0.3) is 0 Å². The molecule has 0 unspecified atom stereocenters. The third kappa shape index (κ3) is 1.01. The Bertz CT molecular complexity index is 329. The lowest BCUT2D eigenvalue weighted by molar-refractivity contribution is 0.0998. The minimum absolute atomic E-state index is 0.179. The number of fused-ring (bicyclic) bond motifs is 1. The van der Waals surface area contributed by atoms with Crippen LogP contribution in [0.2, 0.25) is 9.36 Å². The zero-order chi connectivity index (χ0) is 8.01. The molecule has 2 rings (SSSR count). The van der Waals surface area contributed by atoms with Gasteiger partial charge in [-0.1, -0.05) is 23.2 Å². The smallest absolute Gasteiger partial charge is 0.173 e. The Labute approximate surface area is 77.9 Å². The number of hydrogen-bond donors (Lipinski definition) is 0. The van der Waals surface area contributed by atoms with Crippen LogP contribution in [0.5, 0.6) is 0 Å². The summed E-state index contributed by atoms with van der Waals surface area (Å²) in [6, 6.07) is 0. The zero-order valence-corrected chi connectivity index (χ0v) is 7.81. The number of rotatable bonds is 0. The van der Waals surface area contributed by atoms with Crippen LogP contribution in [0.3, 0.4) is 0 Å². The molecular formula is C7H4Cl2OS. The molecule has 0 bridgehead atoms. The van der Waals surface area contributed by atoms with E-state index in [1.807, 2.05) is 0 Å². The SMILES string of the molecule is O=C1CCc2c1sc(Cl)c2Cl. The molecule has 1 aromatic heterocycles. The molecule has 0 fully saturated rings. The van der Waals surface area contributed by atoms with Gasteiger partial charge in [-0.3, -0.25) is 4.79 Å². The Balaban J connectivity index is 2.66. The number of carbonyl (C=O) groups excluding carboxylic acids is 1. The topological polar surface area (TPSA) is 17.1 Å². The van der Waals surface area contributed by atoms with Gasteiger partial charge in [0.05, 0.1) is 9.90 Å². The Morgan fingerprint density at radius 2 is 2.00 bits per heavy atom. The summed E-state index contributed by atoms with van der Waals surface area (Å²) in [4.78, 5) is 11.9. The van der Waals surface area contributed by atoms with Gasteiger partial charge < -0.3 is 0 Å². The van der Waals surface area contributed by atoms with Crippen molar-refractivity contribution in [2.45, 2.75) is 12.8 Å². The summed E-state index contributed by atoms with van der Waals surface area (Å²) in [5, 5.41) is 0.581. The van der Waals surface area contributed by atoms with Crippen LogP contribution in [0.15, 0.2) is 0 Å². The van der Waals surface area contributed by atoms with Gasteiger partial charge >= 0.3 is 0 Å². The third-order valence-corrected chi connectivity index (χ3v) is 3.87. The lowest BCUT2D eigenvalue weighted by atomic mass is 10.3. The second-order valence-corrected chi connectivity index (χ2v) is 4.42.